The lowest BCUT2D eigenvalue weighted by Crippen LogP contribution is -2.51. The molecule has 0 aromatic carbocycles. The Hall–Kier alpha value is -1.73. The van der Waals surface area contributed by atoms with Gasteiger partial charge in [-0.3, -0.25) is 19.3 Å². The van der Waals surface area contributed by atoms with Crippen LogP contribution in [0.15, 0.2) is 6.07 Å². The highest BCUT2D eigenvalue weighted by molar-refractivity contribution is 7.12. The number of amides is 2. The number of hydrogen-bond acceptors (Lipinski definition) is 5. The summed E-state index contributed by atoms with van der Waals surface area (Å²) in [6.07, 6.45) is 1.44. The molecule has 1 aromatic rings. The van der Waals surface area contributed by atoms with E-state index in [1.165, 1.54) is 0 Å². The minimum atomic E-state index is 0.0260. The van der Waals surface area contributed by atoms with Crippen molar-refractivity contribution >= 4 is 28.9 Å². The van der Waals surface area contributed by atoms with Crippen LogP contribution in [0.25, 0.3) is 0 Å². The van der Waals surface area contributed by atoms with E-state index in [9.17, 15) is 14.4 Å². The molecule has 1 fully saturated rings. The Morgan fingerprint density at radius 1 is 1.12 bits per heavy atom. The topological polar surface area (TPSA) is 69.7 Å². The fourth-order valence-electron chi connectivity index (χ4n) is 3.10. The van der Waals surface area contributed by atoms with E-state index in [4.69, 9.17) is 0 Å². The highest BCUT2D eigenvalue weighted by atomic mass is 32.1. The van der Waals surface area contributed by atoms with Gasteiger partial charge in [0.1, 0.15) is 0 Å². The molecule has 2 amide bonds. The number of thiophene rings is 1. The van der Waals surface area contributed by atoms with Crippen LogP contribution in [-0.2, 0) is 9.59 Å². The summed E-state index contributed by atoms with van der Waals surface area (Å²) in [4.78, 5) is 42.5. The van der Waals surface area contributed by atoms with Crippen molar-refractivity contribution in [2.75, 3.05) is 39.3 Å². The molecule has 2 rings (SSSR count). The van der Waals surface area contributed by atoms with E-state index in [1.807, 2.05) is 26.8 Å². The third kappa shape index (κ3) is 5.92. The van der Waals surface area contributed by atoms with Crippen molar-refractivity contribution < 1.29 is 14.4 Å². The van der Waals surface area contributed by atoms with Gasteiger partial charge in [0.05, 0.1) is 6.54 Å². The first-order valence-electron chi connectivity index (χ1n) is 9.27. The summed E-state index contributed by atoms with van der Waals surface area (Å²) in [6.45, 7) is 9.67. The van der Waals surface area contributed by atoms with Crippen LogP contribution in [0.1, 0.15) is 46.3 Å². The minimum absolute atomic E-state index is 0.0260. The smallest absolute Gasteiger partial charge is 0.234 e. The van der Waals surface area contributed by atoms with Crippen LogP contribution in [0.2, 0.25) is 0 Å². The predicted octanol–water partition coefficient (Wildman–Crippen LogP) is 2.00. The van der Waals surface area contributed by atoms with Gasteiger partial charge in [0.25, 0.3) is 0 Å². The highest BCUT2D eigenvalue weighted by Gasteiger charge is 2.23. The zero-order valence-corrected chi connectivity index (χ0v) is 16.8. The molecule has 0 bridgehead atoms. The zero-order valence-electron chi connectivity index (χ0n) is 16.0. The van der Waals surface area contributed by atoms with Gasteiger partial charge in [-0.2, -0.15) is 0 Å². The first kappa shape index (κ1) is 20.6. The molecule has 0 spiro atoms. The fourth-order valence-corrected chi connectivity index (χ4v) is 4.04. The van der Waals surface area contributed by atoms with E-state index < -0.39 is 0 Å². The number of piperazine rings is 1. The number of aryl methyl sites for hydroxylation is 2. The standard InChI is InChI=1S/C19H29N3O3S/c1-4-7-20-18(24)13-21-8-10-22(11-9-21)19(25)6-5-17(23)16-12-14(2)26-15(16)3/h12H,4-11,13H2,1-3H3,(H,20,24). The van der Waals surface area contributed by atoms with Crippen LogP contribution in [0.5, 0.6) is 0 Å². The largest absolute Gasteiger partial charge is 0.355 e. The van der Waals surface area contributed by atoms with Gasteiger partial charge < -0.3 is 10.2 Å². The van der Waals surface area contributed by atoms with Gasteiger partial charge >= 0.3 is 0 Å². The van der Waals surface area contributed by atoms with Crippen molar-refractivity contribution in [1.29, 1.82) is 0 Å². The second-order valence-electron chi connectivity index (χ2n) is 6.76. The summed E-state index contributed by atoms with van der Waals surface area (Å²) in [5.41, 5.74) is 0.753. The van der Waals surface area contributed by atoms with Crippen LogP contribution in [0.3, 0.4) is 0 Å². The Morgan fingerprint density at radius 2 is 1.81 bits per heavy atom. The number of nitrogens with one attached hydrogen (secondary N) is 1. The lowest BCUT2D eigenvalue weighted by Gasteiger charge is -2.34. The quantitative estimate of drug-likeness (QED) is 0.702. The molecule has 1 aromatic heterocycles. The van der Waals surface area contributed by atoms with Crippen LogP contribution in [0, 0.1) is 13.8 Å². The number of nitrogens with zero attached hydrogens (tertiary/aromatic N) is 2. The molecule has 1 aliphatic rings. The van der Waals surface area contributed by atoms with Gasteiger partial charge in [0.15, 0.2) is 5.78 Å². The van der Waals surface area contributed by atoms with E-state index in [1.54, 1.807) is 16.2 Å². The van der Waals surface area contributed by atoms with Crippen LogP contribution < -0.4 is 5.32 Å². The van der Waals surface area contributed by atoms with E-state index in [0.717, 1.165) is 21.7 Å². The maximum atomic E-state index is 12.4. The maximum absolute atomic E-state index is 12.4. The Balaban J connectivity index is 1.72. The Labute approximate surface area is 159 Å². The number of Topliss-reactive ketones (excluding diaryl/α,β-unsaturated/α-hetero) is 1. The molecule has 7 heteroatoms. The molecular formula is C19H29N3O3S. The summed E-state index contributed by atoms with van der Waals surface area (Å²) < 4.78 is 0. The second kappa shape index (κ2) is 9.83. The van der Waals surface area contributed by atoms with E-state index in [0.29, 0.717) is 39.3 Å². The maximum Gasteiger partial charge on any atom is 0.234 e. The van der Waals surface area contributed by atoms with Gasteiger partial charge in [-0.1, -0.05) is 6.92 Å². The molecule has 144 valence electrons. The number of hydrogen-bond donors (Lipinski definition) is 1. The van der Waals surface area contributed by atoms with Crippen LogP contribution in [0.4, 0.5) is 0 Å². The van der Waals surface area contributed by atoms with Gasteiger partial charge in [-0.15, -0.1) is 11.3 Å². The average molecular weight is 380 g/mol. The lowest BCUT2D eigenvalue weighted by molar-refractivity contribution is -0.133. The fraction of sp³-hybridized carbons (Fsp3) is 0.632. The zero-order chi connectivity index (χ0) is 19.1. The van der Waals surface area contributed by atoms with Crippen molar-refractivity contribution in [1.82, 2.24) is 15.1 Å². The number of carbonyl (C=O) groups is 3. The van der Waals surface area contributed by atoms with Crippen molar-refractivity contribution in [2.45, 2.75) is 40.0 Å². The van der Waals surface area contributed by atoms with E-state index in [-0.39, 0.29) is 30.4 Å². The predicted molar refractivity (Wildman–Crippen MR) is 104 cm³/mol. The van der Waals surface area contributed by atoms with Crippen LogP contribution in [-0.4, -0.2) is 66.7 Å². The molecule has 1 aliphatic heterocycles. The van der Waals surface area contributed by atoms with Gasteiger partial charge in [-0.25, -0.2) is 0 Å². The summed E-state index contributed by atoms with van der Waals surface area (Å²) >= 11 is 1.62. The molecule has 2 heterocycles. The van der Waals surface area contributed by atoms with Gasteiger partial charge in [-0.05, 0) is 26.3 Å². The van der Waals surface area contributed by atoms with Gasteiger partial charge in [0.2, 0.25) is 11.8 Å². The molecular weight excluding hydrogens is 350 g/mol. The highest BCUT2D eigenvalue weighted by Crippen LogP contribution is 2.22. The first-order valence-corrected chi connectivity index (χ1v) is 10.1. The Bertz CT molecular complexity index is 648. The number of ketones is 1. The molecule has 0 unspecified atom stereocenters. The van der Waals surface area contributed by atoms with Crippen molar-refractivity contribution in [3.8, 4) is 0 Å². The third-order valence-electron chi connectivity index (χ3n) is 4.57. The third-order valence-corrected chi connectivity index (χ3v) is 5.54. The minimum Gasteiger partial charge on any atom is -0.355 e. The molecule has 0 atom stereocenters. The number of rotatable bonds is 8. The van der Waals surface area contributed by atoms with Gasteiger partial charge in [0, 0.05) is 60.9 Å². The monoisotopic (exact) mass is 379 g/mol. The first-order chi connectivity index (χ1) is 12.4. The molecule has 26 heavy (non-hydrogen) atoms. The molecule has 1 saturated heterocycles. The molecule has 0 saturated carbocycles. The van der Waals surface area contributed by atoms with Crippen LogP contribution >= 0.6 is 11.3 Å². The Kier molecular flexibility index (Phi) is 7.78. The Morgan fingerprint density at radius 3 is 2.38 bits per heavy atom. The summed E-state index contributed by atoms with van der Waals surface area (Å²) in [7, 11) is 0. The van der Waals surface area contributed by atoms with E-state index in [2.05, 4.69) is 10.2 Å². The lowest BCUT2D eigenvalue weighted by atomic mass is 10.1. The average Bonchev–Trinajstić information content (AvgIpc) is 2.96. The van der Waals surface area contributed by atoms with Crippen molar-refractivity contribution in [3.63, 3.8) is 0 Å². The van der Waals surface area contributed by atoms with Crippen molar-refractivity contribution in [3.05, 3.63) is 21.4 Å². The second-order valence-corrected chi connectivity index (χ2v) is 8.22. The normalized spacial score (nSPS) is 15.1. The molecule has 1 N–H and O–H groups in total. The summed E-state index contributed by atoms with van der Waals surface area (Å²) in [6, 6.07) is 1.91. The van der Waals surface area contributed by atoms with E-state index >= 15 is 0 Å². The summed E-state index contributed by atoms with van der Waals surface area (Å²) in [5.74, 6) is 0.114. The summed E-state index contributed by atoms with van der Waals surface area (Å²) in [5, 5.41) is 2.87. The molecule has 6 nitrogen and oxygen atoms in total. The molecule has 0 aliphatic carbocycles. The SMILES string of the molecule is CCCNC(=O)CN1CCN(C(=O)CCC(=O)c2cc(C)sc2C)CC1. The number of carbonyl (C=O) groups excluding carboxylic acids is 3. The van der Waals surface area contributed by atoms with Crippen molar-refractivity contribution in [2.24, 2.45) is 0 Å². The molecule has 0 radical (unpaired) electrons.